The lowest BCUT2D eigenvalue weighted by molar-refractivity contribution is 0.421. The molecule has 1 aliphatic rings. The predicted octanol–water partition coefficient (Wildman–Crippen LogP) is 4.95. The molecule has 0 spiro atoms. The molecule has 0 saturated carbocycles. The number of thiol groups is 1. The van der Waals surface area contributed by atoms with Crippen LogP contribution in [0.25, 0.3) is 16.5 Å². The van der Waals surface area contributed by atoms with Crippen molar-refractivity contribution in [2.45, 2.75) is 37.2 Å². The maximum absolute atomic E-state index is 7.41. The summed E-state index contributed by atoms with van der Waals surface area (Å²) >= 11 is 4.08. The maximum atomic E-state index is 7.41. The summed E-state index contributed by atoms with van der Waals surface area (Å²) in [5, 5.41) is 12.2. The number of nitrogens with one attached hydrogen (secondary N) is 2. The molecular formula is C24H30N4S. The molecule has 0 amide bonds. The van der Waals surface area contributed by atoms with Gasteiger partial charge in [0, 0.05) is 58.6 Å². The number of fused-ring (bicyclic) bond motifs is 1. The highest BCUT2D eigenvalue weighted by Crippen LogP contribution is 2.27. The number of nitrogens with two attached hydrogens (primary N) is 1. The number of aromatic nitrogens is 1. The lowest BCUT2D eigenvalue weighted by atomic mass is 9.97. The summed E-state index contributed by atoms with van der Waals surface area (Å²) in [5.41, 5.74) is 8.81. The molecule has 0 bridgehead atoms. The number of hydrogen-bond donors (Lipinski definition) is 4. The van der Waals surface area contributed by atoms with Crippen molar-refractivity contribution in [1.82, 2.24) is 9.88 Å². The number of rotatable bonds is 4. The molecular weight excluding hydrogens is 376 g/mol. The largest absolute Gasteiger partial charge is 0.404 e. The van der Waals surface area contributed by atoms with E-state index in [0.29, 0.717) is 5.92 Å². The Kier molecular flexibility index (Phi) is 6.83. The molecule has 1 fully saturated rings. The molecule has 1 saturated heterocycles. The number of benzene rings is 2. The molecule has 2 heterocycles. The summed E-state index contributed by atoms with van der Waals surface area (Å²) in [7, 11) is 0. The Hall–Kier alpha value is -2.50. The van der Waals surface area contributed by atoms with Gasteiger partial charge in [0.1, 0.15) is 0 Å². The van der Waals surface area contributed by atoms with Gasteiger partial charge in [0.15, 0.2) is 0 Å². The molecule has 0 radical (unpaired) electrons. The molecule has 4 rings (SSSR count). The molecule has 29 heavy (non-hydrogen) atoms. The Morgan fingerprint density at radius 1 is 1.24 bits per heavy atom. The molecule has 4 nitrogen and oxygen atoms in total. The third-order valence-corrected chi connectivity index (χ3v) is 5.62. The molecule has 0 aliphatic carbocycles. The van der Waals surface area contributed by atoms with Crippen molar-refractivity contribution >= 4 is 35.3 Å². The zero-order valence-electron chi connectivity index (χ0n) is 17.1. The Bertz CT molecular complexity index is 989. The molecule has 152 valence electrons. The van der Waals surface area contributed by atoms with Crippen molar-refractivity contribution in [2.75, 3.05) is 6.54 Å². The highest BCUT2D eigenvalue weighted by molar-refractivity contribution is 7.80. The zero-order valence-corrected chi connectivity index (χ0v) is 18.0. The first-order valence-electron chi connectivity index (χ1n) is 9.92. The van der Waals surface area contributed by atoms with E-state index in [2.05, 4.69) is 60.8 Å². The van der Waals surface area contributed by atoms with Gasteiger partial charge in [-0.1, -0.05) is 24.3 Å². The minimum Gasteiger partial charge on any atom is -0.404 e. The average Bonchev–Trinajstić information content (AvgIpc) is 3.26. The van der Waals surface area contributed by atoms with Crippen molar-refractivity contribution in [1.29, 1.82) is 5.41 Å². The van der Waals surface area contributed by atoms with E-state index in [1.165, 1.54) is 29.7 Å². The van der Waals surface area contributed by atoms with Crippen LogP contribution in [-0.2, 0) is 6.54 Å². The van der Waals surface area contributed by atoms with Gasteiger partial charge in [0.2, 0.25) is 0 Å². The van der Waals surface area contributed by atoms with Gasteiger partial charge >= 0.3 is 0 Å². The van der Waals surface area contributed by atoms with Crippen molar-refractivity contribution in [3.8, 4) is 0 Å². The summed E-state index contributed by atoms with van der Waals surface area (Å²) in [6, 6.07) is 18.2. The SMILES string of the molecule is CC1(C)CC(Cn2ccc3cc(/C(C=N)=C/N)ccc32)CN1.Sc1ccccc1. The van der Waals surface area contributed by atoms with Gasteiger partial charge in [0.05, 0.1) is 0 Å². The lowest BCUT2D eigenvalue weighted by Gasteiger charge is -2.17. The Morgan fingerprint density at radius 3 is 2.55 bits per heavy atom. The van der Waals surface area contributed by atoms with Crippen LogP contribution in [0, 0.1) is 11.3 Å². The fourth-order valence-electron chi connectivity index (χ4n) is 3.89. The van der Waals surface area contributed by atoms with Crippen LogP contribution in [0.5, 0.6) is 0 Å². The van der Waals surface area contributed by atoms with E-state index < -0.39 is 0 Å². The van der Waals surface area contributed by atoms with Crippen LogP contribution in [-0.4, -0.2) is 22.9 Å². The van der Waals surface area contributed by atoms with Gasteiger partial charge in [-0.15, -0.1) is 12.6 Å². The highest BCUT2D eigenvalue weighted by Gasteiger charge is 2.30. The van der Waals surface area contributed by atoms with Gasteiger partial charge in [-0.2, -0.15) is 0 Å². The molecule has 1 unspecified atom stereocenters. The first-order chi connectivity index (χ1) is 13.9. The summed E-state index contributed by atoms with van der Waals surface area (Å²) < 4.78 is 2.34. The van der Waals surface area contributed by atoms with Crippen LogP contribution < -0.4 is 11.1 Å². The average molecular weight is 407 g/mol. The highest BCUT2D eigenvalue weighted by atomic mass is 32.1. The minimum atomic E-state index is 0.256. The normalized spacial score (nSPS) is 18.3. The van der Waals surface area contributed by atoms with Crippen LogP contribution in [0.3, 0.4) is 0 Å². The van der Waals surface area contributed by atoms with Gasteiger partial charge < -0.3 is 21.0 Å². The van der Waals surface area contributed by atoms with Gasteiger partial charge in [0.25, 0.3) is 0 Å². The van der Waals surface area contributed by atoms with Crippen LogP contribution >= 0.6 is 12.6 Å². The van der Waals surface area contributed by atoms with Gasteiger partial charge in [-0.3, -0.25) is 0 Å². The number of allylic oxidation sites excluding steroid dienone is 1. The van der Waals surface area contributed by atoms with Crippen LogP contribution in [0.2, 0.25) is 0 Å². The van der Waals surface area contributed by atoms with E-state index >= 15 is 0 Å². The number of nitrogens with zero attached hydrogens (tertiary/aromatic N) is 1. The monoisotopic (exact) mass is 406 g/mol. The van der Waals surface area contributed by atoms with E-state index in [4.69, 9.17) is 11.1 Å². The molecule has 2 aromatic carbocycles. The second kappa shape index (κ2) is 9.33. The van der Waals surface area contributed by atoms with E-state index in [1.807, 2.05) is 36.4 Å². The van der Waals surface area contributed by atoms with E-state index in [1.54, 1.807) is 0 Å². The summed E-state index contributed by atoms with van der Waals surface area (Å²) in [5.74, 6) is 0.673. The molecule has 1 aromatic heterocycles. The Labute approximate surface area is 178 Å². The van der Waals surface area contributed by atoms with Crippen LogP contribution in [0.1, 0.15) is 25.8 Å². The molecule has 4 N–H and O–H groups in total. The minimum absolute atomic E-state index is 0.256. The van der Waals surface area contributed by atoms with Crippen LogP contribution in [0.4, 0.5) is 0 Å². The fourth-order valence-corrected chi connectivity index (χ4v) is 4.06. The first-order valence-corrected chi connectivity index (χ1v) is 10.4. The molecule has 5 heteroatoms. The summed E-state index contributed by atoms with van der Waals surface area (Å²) in [4.78, 5) is 1.02. The van der Waals surface area contributed by atoms with E-state index in [9.17, 15) is 0 Å². The number of hydrogen-bond acceptors (Lipinski definition) is 4. The quantitative estimate of drug-likeness (QED) is 0.366. The summed E-state index contributed by atoms with van der Waals surface area (Å²) in [6.45, 7) is 6.66. The van der Waals surface area contributed by atoms with Gasteiger partial charge in [-0.25, -0.2) is 0 Å². The van der Waals surface area contributed by atoms with Crippen molar-refractivity contribution in [2.24, 2.45) is 11.7 Å². The zero-order chi connectivity index (χ0) is 20.9. The summed E-state index contributed by atoms with van der Waals surface area (Å²) in [6.07, 6.45) is 6.15. The Morgan fingerprint density at radius 2 is 2.00 bits per heavy atom. The van der Waals surface area contributed by atoms with Crippen molar-refractivity contribution in [3.63, 3.8) is 0 Å². The predicted molar refractivity (Wildman–Crippen MR) is 127 cm³/mol. The lowest BCUT2D eigenvalue weighted by Crippen LogP contribution is -2.31. The smallest absolute Gasteiger partial charge is 0.0480 e. The van der Waals surface area contributed by atoms with E-state index in [-0.39, 0.29) is 5.54 Å². The maximum Gasteiger partial charge on any atom is 0.0480 e. The Balaban J connectivity index is 0.000000290. The molecule has 1 atom stereocenters. The van der Waals surface area contributed by atoms with Crippen LogP contribution in [0.15, 0.2) is 71.9 Å². The van der Waals surface area contributed by atoms with E-state index in [0.717, 1.165) is 29.1 Å². The standard InChI is InChI=1S/C18H24N4.C6H6S/c1-18(2)8-13(11-21-18)12-22-6-5-15-7-14(3-4-17(15)22)16(9-19)10-20;7-6-4-2-1-3-5-6/h3-7,9-10,13,19,21H,8,11-12,20H2,1-2H3;1-5,7H/b16-10+,19-9?;. The topological polar surface area (TPSA) is 66.8 Å². The van der Waals surface area contributed by atoms with Crippen molar-refractivity contribution < 1.29 is 0 Å². The third kappa shape index (κ3) is 5.52. The second-order valence-electron chi connectivity index (χ2n) is 8.18. The molecule has 1 aliphatic heterocycles. The molecule has 3 aromatic rings. The van der Waals surface area contributed by atoms with Gasteiger partial charge in [-0.05, 0) is 62.1 Å². The third-order valence-electron chi connectivity index (χ3n) is 5.32. The first kappa shape index (κ1) is 21.2. The fraction of sp³-hybridized carbons (Fsp3) is 0.292. The second-order valence-corrected chi connectivity index (χ2v) is 8.69. The van der Waals surface area contributed by atoms with Crippen molar-refractivity contribution in [3.05, 3.63) is 72.6 Å².